The molecule has 1 heterocycles. The minimum Gasteiger partial charge on any atom is -0.352 e. The Hall–Kier alpha value is -2.08. The zero-order valence-corrected chi connectivity index (χ0v) is 16.7. The molecule has 0 atom stereocenters. The van der Waals surface area contributed by atoms with Gasteiger partial charge in [0.25, 0.3) is 5.91 Å². The molecular weight excluding hydrogens is 401 g/mol. The van der Waals surface area contributed by atoms with Crippen LogP contribution in [-0.2, 0) is 6.42 Å². The van der Waals surface area contributed by atoms with Gasteiger partial charge in [-0.25, -0.2) is 0 Å². The maximum absolute atomic E-state index is 12.6. The first-order valence-electron chi connectivity index (χ1n) is 8.40. The highest BCUT2D eigenvalue weighted by Crippen LogP contribution is 2.29. The molecule has 27 heavy (non-hydrogen) atoms. The summed E-state index contributed by atoms with van der Waals surface area (Å²) in [6, 6.07) is 19.0. The van der Waals surface area contributed by atoms with E-state index in [1.54, 1.807) is 6.07 Å². The molecule has 0 saturated carbocycles. The van der Waals surface area contributed by atoms with Crippen LogP contribution in [0.15, 0.2) is 70.6 Å². The molecule has 1 amide bonds. The molecule has 3 rings (SSSR count). The van der Waals surface area contributed by atoms with Gasteiger partial charge in [0.1, 0.15) is 5.03 Å². The Morgan fingerprint density at radius 1 is 1.00 bits per heavy atom. The van der Waals surface area contributed by atoms with Crippen molar-refractivity contribution < 1.29 is 4.79 Å². The molecule has 7 heteroatoms. The molecule has 4 nitrogen and oxygen atoms in total. The third-order valence-corrected chi connectivity index (χ3v) is 5.21. The summed E-state index contributed by atoms with van der Waals surface area (Å²) in [6.07, 6.45) is 1.68. The van der Waals surface area contributed by atoms with E-state index in [1.807, 2.05) is 54.6 Å². The van der Waals surface area contributed by atoms with E-state index in [-0.39, 0.29) is 11.1 Å². The number of rotatable bonds is 7. The van der Waals surface area contributed by atoms with Crippen LogP contribution in [0.4, 0.5) is 0 Å². The van der Waals surface area contributed by atoms with Crippen molar-refractivity contribution in [2.24, 2.45) is 0 Å². The summed E-state index contributed by atoms with van der Waals surface area (Å²) in [7, 11) is 0. The maximum atomic E-state index is 12.6. The van der Waals surface area contributed by atoms with E-state index in [0.29, 0.717) is 17.1 Å². The average Bonchev–Trinajstić information content (AvgIpc) is 2.68. The zero-order chi connectivity index (χ0) is 19.1. The number of hydrogen-bond acceptors (Lipinski definition) is 4. The van der Waals surface area contributed by atoms with E-state index < -0.39 is 0 Å². The molecule has 0 spiro atoms. The molecule has 0 aliphatic heterocycles. The lowest BCUT2D eigenvalue weighted by atomic mass is 10.1. The standard InChI is InChI=1S/C20H17Cl2N3OS/c21-15-10-8-14(9-11-15)5-4-12-23-19(26)17-13-18(22)24-25-20(17)27-16-6-2-1-3-7-16/h1-3,6-11,13H,4-5,12H2,(H,23,26). The zero-order valence-electron chi connectivity index (χ0n) is 14.4. The van der Waals surface area contributed by atoms with Crippen molar-refractivity contribution >= 4 is 40.9 Å². The molecule has 0 radical (unpaired) electrons. The number of nitrogens with one attached hydrogen (secondary N) is 1. The first kappa shape index (κ1) is 19.7. The SMILES string of the molecule is O=C(NCCCc1ccc(Cl)cc1)c1cc(Cl)nnc1Sc1ccccc1. The van der Waals surface area contributed by atoms with Crippen molar-refractivity contribution in [3.8, 4) is 0 Å². The minimum absolute atomic E-state index is 0.193. The molecule has 2 aromatic carbocycles. The molecule has 138 valence electrons. The average molecular weight is 418 g/mol. The molecule has 0 fully saturated rings. The van der Waals surface area contributed by atoms with Gasteiger partial charge in [-0.1, -0.05) is 65.3 Å². The molecule has 0 bridgehead atoms. The number of halogens is 2. The van der Waals surface area contributed by atoms with Crippen molar-refractivity contribution in [3.63, 3.8) is 0 Å². The summed E-state index contributed by atoms with van der Waals surface area (Å²) in [5, 5.41) is 12.3. The highest BCUT2D eigenvalue weighted by atomic mass is 35.5. The summed E-state index contributed by atoms with van der Waals surface area (Å²) in [6.45, 7) is 0.552. The Kier molecular flexibility index (Phi) is 7.10. The molecule has 1 aromatic heterocycles. The predicted octanol–water partition coefficient (Wildman–Crippen LogP) is 5.30. The molecule has 0 unspecified atom stereocenters. The topological polar surface area (TPSA) is 54.9 Å². The van der Waals surface area contributed by atoms with Crippen LogP contribution in [0, 0.1) is 0 Å². The Balaban J connectivity index is 1.60. The highest BCUT2D eigenvalue weighted by molar-refractivity contribution is 7.99. The number of nitrogens with zero attached hydrogens (tertiary/aromatic N) is 2. The highest BCUT2D eigenvalue weighted by Gasteiger charge is 2.15. The van der Waals surface area contributed by atoms with Gasteiger partial charge in [-0.3, -0.25) is 4.79 Å². The van der Waals surface area contributed by atoms with Crippen molar-refractivity contribution in [3.05, 3.63) is 82.0 Å². The fourth-order valence-electron chi connectivity index (χ4n) is 2.44. The molecule has 1 N–H and O–H groups in total. The van der Waals surface area contributed by atoms with Crippen molar-refractivity contribution in [1.82, 2.24) is 15.5 Å². The summed E-state index contributed by atoms with van der Waals surface area (Å²) in [4.78, 5) is 13.6. The van der Waals surface area contributed by atoms with Crippen LogP contribution in [0.2, 0.25) is 10.2 Å². The number of amides is 1. The van der Waals surface area contributed by atoms with Gasteiger partial charge in [0.15, 0.2) is 5.15 Å². The van der Waals surface area contributed by atoms with Crippen molar-refractivity contribution in [2.75, 3.05) is 6.54 Å². The summed E-state index contributed by atoms with van der Waals surface area (Å²) in [5.41, 5.74) is 1.61. The predicted molar refractivity (Wildman–Crippen MR) is 110 cm³/mol. The Morgan fingerprint density at radius 3 is 2.48 bits per heavy atom. The van der Waals surface area contributed by atoms with Gasteiger partial charge in [-0.05, 0) is 48.7 Å². The van der Waals surface area contributed by atoms with Gasteiger partial charge in [0, 0.05) is 16.5 Å². The lowest BCUT2D eigenvalue weighted by Crippen LogP contribution is -2.25. The van der Waals surface area contributed by atoms with Crippen LogP contribution in [-0.4, -0.2) is 22.6 Å². The van der Waals surface area contributed by atoms with Crippen LogP contribution in [0.25, 0.3) is 0 Å². The lowest BCUT2D eigenvalue weighted by molar-refractivity contribution is 0.0949. The first-order chi connectivity index (χ1) is 13.1. The third-order valence-electron chi connectivity index (χ3n) is 3.77. The van der Waals surface area contributed by atoms with Crippen LogP contribution < -0.4 is 5.32 Å². The number of benzene rings is 2. The normalized spacial score (nSPS) is 10.6. The molecule has 0 aliphatic carbocycles. The number of carbonyl (C=O) groups is 1. The minimum atomic E-state index is -0.207. The Morgan fingerprint density at radius 2 is 1.74 bits per heavy atom. The van der Waals surface area contributed by atoms with Gasteiger partial charge in [-0.2, -0.15) is 0 Å². The molecule has 0 saturated heterocycles. The molecule has 0 aliphatic rings. The summed E-state index contributed by atoms with van der Waals surface area (Å²) >= 11 is 13.2. The second-order valence-electron chi connectivity index (χ2n) is 5.79. The van der Waals surface area contributed by atoms with E-state index in [1.165, 1.54) is 17.3 Å². The quantitative estimate of drug-likeness (QED) is 0.530. The fourth-order valence-corrected chi connectivity index (χ4v) is 3.57. The Bertz CT molecular complexity index is 905. The molecule has 3 aromatic rings. The van der Waals surface area contributed by atoms with Gasteiger partial charge in [-0.15, -0.1) is 10.2 Å². The van der Waals surface area contributed by atoms with E-state index in [9.17, 15) is 4.79 Å². The monoisotopic (exact) mass is 417 g/mol. The van der Waals surface area contributed by atoms with Crippen molar-refractivity contribution in [1.29, 1.82) is 0 Å². The van der Waals surface area contributed by atoms with Gasteiger partial charge >= 0.3 is 0 Å². The lowest BCUT2D eigenvalue weighted by Gasteiger charge is -2.09. The van der Waals surface area contributed by atoms with E-state index >= 15 is 0 Å². The van der Waals surface area contributed by atoms with Crippen LogP contribution in [0.1, 0.15) is 22.3 Å². The van der Waals surface area contributed by atoms with E-state index in [4.69, 9.17) is 23.2 Å². The van der Waals surface area contributed by atoms with Gasteiger partial charge in [0.2, 0.25) is 0 Å². The van der Waals surface area contributed by atoms with Gasteiger partial charge in [0.05, 0.1) is 5.56 Å². The summed E-state index contributed by atoms with van der Waals surface area (Å²) in [5.74, 6) is -0.207. The number of hydrogen-bond donors (Lipinski definition) is 1. The smallest absolute Gasteiger partial charge is 0.254 e. The second kappa shape index (κ2) is 9.74. The fraction of sp³-hybridized carbons (Fsp3) is 0.150. The number of aromatic nitrogens is 2. The van der Waals surface area contributed by atoms with Crippen LogP contribution in [0.5, 0.6) is 0 Å². The van der Waals surface area contributed by atoms with Crippen molar-refractivity contribution in [2.45, 2.75) is 22.8 Å². The van der Waals surface area contributed by atoms with Crippen LogP contribution in [0.3, 0.4) is 0 Å². The largest absolute Gasteiger partial charge is 0.352 e. The van der Waals surface area contributed by atoms with Crippen LogP contribution >= 0.6 is 35.0 Å². The first-order valence-corrected chi connectivity index (χ1v) is 9.98. The number of aryl methyl sites for hydroxylation is 1. The van der Waals surface area contributed by atoms with E-state index in [2.05, 4.69) is 15.5 Å². The summed E-state index contributed by atoms with van der Waals surface area (Å²) < 4.78 is 0. The second-order valence-corrected chi connectivity index (χ2v) is 7.67. The third kappa shape index (κ3) is 5.96. The Labute approximate surface area is 172 Å². The number of carbonyl (C=O) groups excluding carboxylic acids is 1. The maximum Gasteiger partial charge on any atom is 0.254 e. The molecular formula is C20H17Cl2N3OS. The van der Waals surface area contributed by atoms with E-state index in [0.717, 1.165) is 22.8 Å². The van der Waals surface area contributed by atoms with Gasteiger partial charge < -0.3 is 5.32 Å².